The number of benzene rings is 8. The number of fused-ring (bicyclic) bond motifs is 10. The zero-order valence-corrected chi connectivity index (χ0v) is 27.3. The van der Waals surface area contributed by atoms with Crippen molar-refractivity contribution in [2.24, 2.45) is 0 Å². The summed E-state index contributed by atoms with van der Waals surface area (Å²) in [6, 6.07) is 62.6. The molecule has 3 heteroatoms. The fourth-order valence-electron chi connectivity index (χ4n) is 8.04. The molecule has 228 valence electrons. The van der Waals surface area contributed by atoms with Crippen LogP contribution in [0.2, 0.25) is 0 Å². The number of para-hydroxylation sites is 3. The van der Waals surface area contributed by atoms with E-state index in [2.05, 4.69) is 179 Å². The number of hydrogen-bond acceptors (Lipinski definition) is 1. The number of thiophene rings is 1. The van der Waals surface area contributed by atoms with E-state index in [1.165, 1.54) is 97.1 Å². The minimum atomic E-state index is 1.17. The first-order valence-electron chi connectivity index (χ1n) is 16.8. The van der Waals surface area contributed by atoms with Gasteiger partial charge in [-0.25, -0.2) is 0 Å². The average Bonchev–Trinajstić information content (AvgIpc) is 3.81. The molecule has 8 aromatic carbocycles. The Morgan fingerprint density at radius 2 is 0.816 bits per heavy atom. The Labute approximate surface area is 286 Å². The molecule has 49 heavy (non-hydrogen) atoms. The van der Waals surface area contributed by atoms with E-state index in [4.69, 9.17) is 0 Å². The molecular formula is C46H28N2S. The van der Waals surface area contributed by atoms with Gasteiger partial charge in [-0.15, -0.1) is 11.3 Å². The van der Waals surface area contributed by atoms with Crippen LogP contribution in [0.5, 0.6) is 0 Å². The molecule has 0 unspecified atom stereocenters. The van der Waals surface area contributed by atoms with Crippen molar-refractivity contribution in [3.8, 4) is 22.5 Å². The van der Waals surface area contributed by atoms with Crippen molar-refractivity contribution in [1.82, 2.24) is 9.13 Å². The monoisotopic (exact) mass is 640 g/mol. The van der Waals surface area contributed by atoms with E-state index in [-0.39, 0.29) is 0 Å². The molecule has 0 radical (unpaired) electrons. The van der Waals surface area contributed by atoms with Gasteiger partial charge in [0.05, 0.1) is 22.1 Å². The number of nitrogens with zero attached hydrogens (tertiary/aromatic N) is 2. The predicted molar refractivity (Wildman–Crippen MR) is 211 cm³/mol. The van der Waals surface area contributed by atoms with Gasteiger partial charge in [0, 0.05) is 53.1 Å². The van der Waals surface area contributed by atoms with Crippen LogP contribution >= 0.6 is 11.3 Å². The van der Waals surface area contributed by atoms with E-state index in [1.54, 1.807) is 0 Å². The molecular weight excluding hydrogens is 613 g/mol. The summed E-state index contributed by atoms with van der Waals surface area (Å²) in [5.41, 5.74) is 9.69. The fraction of sp³-hybridized carbons (Fsp3) is 0. The number of hydrogen-bond donors (Lipinski definition) is 0. The van der Waals surface area contributed by atoms with Crippen molar-refractivity contribution in [3.05, 3.63) is 170 Å². The highest BCUT2D eigenvalue weighted by Crippen LogP contribution is 2.39. The molecule has 11 aromatic rings. The van der Waals surface area contributed by atoms with Gasteiger partial charge in [0.25, 0.3) is 0 Å². The lowest BCUT2D eigenvalue weighted by Gasteiger charge is -2.12. The van der Waals surface area contributed by atoms with Crippen molar-refractivity contribution < 1.29 is 0 Å². The second kappa shape index (κ2) is 10.2. The van der Waals surface area contributed by atoms with E-state index in [9.17, 15) is 0 Å². The van der Waals surface area contributed by atoms with Crippen LogP contribution in [0.25, 0.3) is 97.1 Å². The molecule has 0 aliphatic rings. The van der Waals surface area contributed by atoms with Crippen LogP contribution in [0, 0.1) is 0 Å². The second-order valence-electron chi connectivity index (χ2n) is 13.0. The lowest BCUT2D eigenvalue weighted by molar-refractivity contribution is 1.17. The third kappa shape index (κ3) is 3.94. The molecule has 0 aliphatic heterocycles. The summed E-state index contributed by atoms with van der Waals surface area (Å²) in [5.74, 6) is 0. The summed E-state index contributed by atoms with van der Waals surface area (Å²) in [4.78, 5) is 0. The molecule has 11 rings (SSSR count). The predicted octanol–water partition coefficient (Wildman–Crippen LogP) is 13.1. The highest BCUT2D eigenvalue weighted by Gasteiger charge is 2.16. The van der Waals surface area contributed by atoms with Crippen LogP contribution < -0.4 is 0 Å². The van der Waals surface area contributed by atoms with Gasteiger partial charge in [0.15, 0.2) is 0 Å². The maximum atomic E-state index is 2.43. The van der Waals surface area contributed by atoms with Crippen LogP contribution in [0.15, 0.2) is 170 Å². The van der Waals surface area contributed by atoms with Crippen molar-refractivity contribution in [2.45, 2.75) is 0 Å². The number of aromatic nitrogens is 2. The van der Waals surface area contributed by atoms with Gasteiger partial charge in [-0.2, -0.15) is 0 Å². The third-order valence-corrected chi connectivity index (χ3v) is 11.4. The van der Waals surface area contributed by atoms with Gasteiger partial charge in [-0.3, -0.25) is 0 Å². The smallest absolute Gasteiger partial charge is 0.0542 e. The van der Waals surface area contributed by atoms with Gasteiger partial charge in [-0.05, 0) is 94.7 Å². The SMILES string of the molecule is c1ccc2c(c1)sc1ccc(-c3ccc4ccc(-n5c6ccccc6c6cc(-n7c8ccccc8c8ccccc87)ccc65)cc4c3)cc12. The van der Waals surface area contributed by atoms with Crippen LogP contribution in [0.3, 0.4) is 0 Å². The highest BCUT2D eigenvalue weighted by atomic mass is 32.1. The topological polar surface area (TPSA) is 9.86 Å². The second-order valence-corrected chi connectivity index (χ2v) is 14.1. The van der Waals surface area contributed by atoms with Crippen molar-refractivity contribution in [1.29, 1.82) is 0 Å². The first-order valence-corrected chi connectivity index (χ1v) is 17.6. The molecule has 2 nitrogen and oxygen atoms in total. The third-order valence-electron chi connectivity index (χ3n) is 10.3. The molecule has 0 amide bonds. The minimum absolute atomic E-state index is 1.17. The maximum absolute atomic E-state index is 2.43. The Balaban J connectivity index is 1.09. The normalized spacial score (nSPS) is 12.1. The Bertz CT molecular complexity index is 3060. The van der Waals surface area contributed by atoms with E-state index >= 15 is 0 Å². The summed E-state index contributed by atoms with van der Waals surface area (Å²) in [6.07, 6.45) is 0. The minimum Gasteiger partial charge on any atom is -0.309 e. The molecule has 0 saturated heterocycles. The fourth-order valence-corrected chi connectivity index (χ4v) is 9.12. The molecule has 3 aromatic heterocycles. The van der Waals surface area contributed by atoms with Gasteiger partial charge in [0.1, 0.15) is 0 Å². The van der Waals surface area contributed by atoms with E-state index in [0.717, 1.165) is 0 Å². The summed E-state index contributed by atoms with van der Waals surface area (Å²) in [5, 5.41) is 10.2. The average molecular weight is 641 g/mol. The lowest BCUT2D eigenvalue weighted by Crippen LogP contribution is -1.96. The Hall–Kier alpha value is -6.16. The van der Waals surface area contributed by atoms with Crippen LogP contribution in [-0.2, 0) is 0 Å². The van der Waals surface area contributed by atoms with Crippen LogP contribution in [0.4, 0.5) is 0 Å². The van der Waals surface area contributed by atoms with Crippen LogP contribution in [-0.4, -0.2) is 9.13 Å². The summed E-state index contributed by atoms with van der Waals surface area (Å²) >= 11 is 1.87. The first kappa shape index (κ1) is 26.9. The quantitative estimate of drug-likeness (QED) is 0.182. The Morgan fingerprint density at radius 1 is 0.306 bits per heavy atom. The Morgan fingerprint density at radius 3 is 1.55 bits per heavy atom. The molecule has 0 aliphatic carbocycles. The first-order chi connectivity index (χ1) is 24.3. The largest absolute Gasteiger partial charge is 0.309 e. The zero-order chi connectivity index (χ0) is 32.1. The molecule has 0 bridgehead atoms. The van der Waals surface area contributed by atoms with E-state index < -0.39 is 0 Å². The highest BCUT2D eigenvalue weighted by molar-refractivity contribution is 7.25. The van der Waals surface area contributed by atoms with Gasteiger partial charge < -0.3 is 9.13 Å². The van der Waals surface area contributed by atoms with E-state index in [1.807, 2.05) is 11.3 Å². The van der Waals surface area contributed by atoms with E-state index in [0.29, 0.717) is 0 Å². The summed E-state index contributed by atoms with van der Waals surface area (Å²) in [7, 11) is 0. The zero-order valence-electron chi connectivity index (χ0n) is 26.5. The standard InChI is InChI=1S/C46H28N2S/c1-5-13-41-35(9-1)36-10-2-6-14-42(36)48(41)34-22-23-44-39(28-34)37-11-3-7-15-43(37)47(44)33-21-19-29-17-18-30(25-32(29)26-33)31-20-24-46-40(27-31)38-12-4-8-16-45(38)49-46/h1-28H. The lowest BCUT2D eigenvalue weighted by atomic mass is 9.99. The summed E-state index contributed by atoms with van der Waals surface area (Å²) in [6.45, 7) is 0. The molecule has 0 N–H and O–H groups in total. The molecule has 0 fully saturated rings. The van der Waals surface area contributed by atoms with Gasteiger partial charge in [-0.1, -0.05) is 97.1 Å². The molecule has 0 saturated carbocycles. The summed E-state index contributed by atoms with van der Waals surface area (Å²) < 4.78 is 7.51. The molecule has 0 spiro atoms. The van der Waals surface area contributed by atoms with Crippen molar-refractivity contribution in [2.75, 3.05) is 0 Å². The number of rotatable bonds is 3. The van der Waals surface area contributed by atoms with Gasteiger partial charge >= 0.3 is 0 Å². The van der Waals surface area contributed by atoms with Crippen molar-refractivity contribution in [3.63, 3.8) is 0 Å². The van der Waals surface area contributed by atoms with Crippen LogP contribution in [0.1, 0.15) is 0 Å². The van der Waals surface area contributed by atoms with Crippen molar-refractivity contribution >= 4 is 85.9 Å². The Kier molecular flexibility index (Phi) is 5.57. The van der Waals surface area contributed by atoms with Gasteiger partial charge in [0.2, 0.25) is 0 Å². The molecule has 0 atom stereocenters. The molecule has 3 heterocycles. The maximum Gasteiger partial charge on any atom is 0.0542 e.